The summed E-state index contributed by atoms with van der Waals surface area (Å²) in [7, 11) is 0. The van der Waals surface area contributed by atoms with E-state index in [2.05, 4.69) is 10.2 Å². The van der Waals surface area contributed by atoms with Crippen molar-refractivity contribution in [1.29, 1.82) is 0 Å². The van der Waals surface area contributed by atoms with Crippen molar-refractivity contribution in [3.63, 3.8) is 0 Å². The van der Waals surface area contributed by atoms with Gasteiger partial charge in [-0.3, -0.25) is 0 Å². The summed E-state index contributed by atoms with van der Waals surface area (Å²) in [6, 6.07) is 9.47. The van der Waals surface area contributed by atoms with Crippen molar-refractivity contribution >= 4 is 12.4 Å². The minimum Gasteiger partial charge on any atom is -0.206 e. The van der Waals surface area contributed by atoms with Gasteiger partial charge in [0.15, 0.2) is 0 Å². The van der Waals surface area contributed by atoms with Crippen LogP contribution in [0.5, 0.6) is 0 Å². The molecule has 5 heteroatoms. The van der Waals surface area contributed by atoms with Gasteiger partial charge >= 0.3 is 0 Å². The molecule has 0 aromatic heterocycles. The minimum atomic E-state index is -0.732. The Morgan fingerprint density at radius 1 is 0.684 bits per heavy atom. The molecular weight excluding hydrogens is 253 g/mol. The first-order valence-electron chi connectivity index (χ1n) is 5.43. The van der Waals surface area contributed by atoms with Gasteiger partial charge in [0, 0.05) is 5.56 Å². The van der Waals surface area contributed by atoms with Gasteiger partial charge in [-0.2, -0.15) is 10.2 Å². The Balaban J connectivity index is 2.15. The summed E-state index contributed by atoms with van der Waals surface area (Å²) in [5.41, 5.74) is -0.0400. The number of benzene rings is 2. The van der Waals surface area contributed by atoms with Crippen molar-refractivity contribution in [2.75, 3.05) is 0 Å². The zero-order chi connectivity index (χ0) is 13.7. The zero-order valence-electron chi connectivity index (χ0n) is 9.72. The van der Waals surface area contributed by atoms with Crippen molar-refractivity contribution in [2.24, 2.45) is 10.2 Å². The predicted molar refractivity (Wildman–Crippen MR) is 67.9 cm³/mol. The first kappa shape index (κ1) is 13.0. The van der Waals surface area contributed by atoms with Crippen LogP contribution in [0, 0.1) is 17.5 Å². The molecule has 2 aromatic carbocycles. The second kappa shape index (κ2) is 5.95. The number of rotatable bonds is 3. The summed E-state index contributed by atoms with van der Waals surface area (Å²) in [6.07, 6.45) is 2.12. The van der Waals surface area contributed by atoms with E-state index < -0.39 is 17.5 Å². The topological polar surface area (TPSA) is 24.7 Å². The normalized spacial score (nSPS) is 11.5. The van der Waals surface area contributed by atoms with Crippen LogP contribution in [0.15, 0.2) is 52.7 Å². The van der Waals surface area contributed by atoms with E-state index in [0.29, 0.717) is 0 Å². The molecule has 0 bridgehead atoms. The van der Waals surface area contributed by atoms with Crippen LogP contribution >= 0.6 is 0 Å². The first-order chi connectivity index (χ1) is 9.18. The third-order valence-electron chi connectivity index (χ3n) is 2.36. The molecule has 0 saturated carbocycles. The fourth-order valence-electron chi connectivity index (χ4n) is 1.40. The highest BCUT2D eigenvalue weighted by molar-refractivity contribution is 5.83. The quantitative estimate of drug-likeness (QED) is 0.597. The maximum Gasteiger partial charge on any atom is 0.134 e. The molecular formula is C14H9F3N2. The van der Waals surface area contributed by atoms with Crippen LogP contribution in [0.2, 0.25) is 0 Å². The Labute approximate surface area is 107 Å². The molecule has 19 heavy (non-hydrogen) atoms. The van der Waals surface area contributed by atoms with Gasteiger partial charge in [-0.1, -0.05) is 24.3 Å². The average Bonchev–Trinajstić information content (AvgIpc) is 2.39. The molecule has 0 radical (unpaired) electrons. The standard InChI is InChI=1S/C14H9F3N2/c15-12-5-2-1-4-10(12)8-18-19-9-11-13(16)6-3-7-14(11)17/h1-9H/b18-8+,19-9+. The van der Waals surface area contributed by atoms with E-state index in [1.807, 2.05) is 0 Å². The van der Waals surface area contributed by atoms with Crippen LogP contribution in [-0.4, -0.2) is 12.4 Å². The van der Waals surface area contributed by atoms with Gasteiger partial charge in [-0.15, -0.1) is 0 Å². The van der Waals surface area contributed by atoms with E-state index in [1.54, 1.807) is 12.1 Å². The van der Waals surface area contributed by atoms with Crippen molar-refractivity contribution in [3.8, 4) is 0 Å². The smallest absolute Gasteiger partial charge is 0.134 e. The van der Waals surface area contributed by atoms with Gasteiger partial charge < -0.3 is 0 Å². The molecule has 0 fully saturated rings. The second-order valence-electron chi connectivity index (χ2n) is 3.65. The molecule has 0 amide bonds. The van der Waals surface area contributed by atoms with Crippen LogP contribution in [0.4, 0.5) is 13.2 Å². The van der Waals surface area contributed by atoms with E-state index in [0.717, 1.165) is 18.3 Å². The summed E-state index contributed by atoms with van der Waals surface area (Å²) < 4.78 is 39.6. The molecule has 0 spiro atoms. The van der Waals surface area contributed by atoms with Gasteiger partial charge in [0.2, 0.25) is 0 Å². The number of hydrogen-bond acceptors (Lipinski definition) is 2. The van der Waals surface area contributed by atoms with E-state index >= 15 is 0 Å². The lowest BCUT2D eigenvalue weighted by Gasteiger charge is -1.96. The van der Waals surface area contributed by atoms with E-state index in [4.69, 9.17) is 0 Å². The molecule has 0 aliphatic heterocycles. The monoisotopic (exact) mass is 262 g/mol. The molecule has 0 N–H and O–H groups in total. The Bertz CT molecular complexity index is 616. The highest BCUT2D eigenvalue weighted by Crippen LogP contribution is 2.09. The Morgan fingerprint density at radius 3 is 1.95 bits per heavy atom. The summed E-state index contributed by atoms with van der Waals surface area (Å²) in [6.45, 7) is 0. The highest BCUT2D eigenvalue weighted by atomic mass is 19.1. The maximum absolute atomic E-state index is 13.2. The summed E-state index contributed by atoms with van der Waals surface area (Å²) in [5, 5.41) is 7.05. The molecule has 2 aromatic rings. The number of halogens is 3. The fraction of sp³-hybridized carbons (Fsp3) is 0. The molecule has 0 unspecified atom stereocenters. The van der Waals surface area contributed by atoms with Gasteiger partial charge in [-0.05, 0) is 18.2 Å². The van der Waals surface area contributed by atoms with Crippen molar-refractivity contribution in [2.45, 2.75) is 0 Å². The van der Waals surface area contributed by atoms with E-state index in [-0.39, 0.29) is 11.1 Å². The van der Waals surface area contributed by atoms with Crippen LogP contribution in [0.25, 0.3) is 0 Å². The van der Waals surface area contributed by atoms with E-state index in [1.165, 1.54) is 24.4 Å². The predicted octanol–water partition coefficient (Wildman–Crippen LogP) is 3.56. The molecule has 0 saturated heterocycles. The molecule has 0 aliphatic carbocycles. The summed E-state index contributed by atoms with van der Waals surface area (Å²) >= 11 is 0. The van der Waals surface area contributed by atoms with Gasteiger partial charge in [0.25, 0.3) is 0 Å². The van der Waals surface area contributed by atoms with Crippen LogP contribution in [-0.2, 0) is 0 Å². The molecule has 96 valence electrons. The molecule has 0 atom stereocenters. The lowest BCUT2D eigenvalue weighted by molar-refractivity contribution is 0.580. The Morgan fingerprint density at radius 2 is 1.26 bits per heavy atom. The lowest BCUT2D eigenvalue weighted by Crippen LogP contribution is -1.93. The van der Waals surface area contributed by atoms with Crippen molar-refractivity contribution in [3.05, 3.63) is 71.0 Å². The highest BCUT2D eigenvalue weighted by Gasteiger charge is 2.04. The molecule has 2 nitrogen and oxygen atoms in total. The van der Waals surface area contributed by atoms with Gasteiger partial charge in [0.05, 0.1) is 18.0 Å². The van der Waals surface area contributed by atoms with Gasteiger partial charge in [0.1, 0.15) is 17.5 Å². The first-order valence-corrected chi connectivity index (χ1v) is 5.43. The molecule has 2 rings (SSSR count). The van der Waals surface area contributed by atoms with Crippen LogP contribution in [0.3, 0.4) is 0 Å². The summed E-state index contributed by atoms with van der Waals surface area (Å²) in [4.78, 5) is 0. The maximum atomic E-state index is 13.2. The third kappa shape index (κ3) is 3.28. The molecule has 0 heterocycles. The van der Waals surface area contributed by atoms with Crippen LogP contribution < -0.4 is 0 Å². The molecule has 0 aliphatic rings. The van der Waals surface area contributed by atoms with Gasteiger partial charge in [-0.25, -0.2) is 13.2 Å². The SMILES string of the molecule is Fc1ccccc1/C=N/N=C/c1c(F)cccc1F. The largest absolute Gasteiger partial charge is 0.206 e. The minimum absolute atomic E-state index is 0.244. The Kier molecular flexibility index (Phi) is 4.07. The second-order valence-corrected chi connectivity index (χ2v) is 3.65. The van der Waals surface area contributed by atoms with Crippen molar-refractivity contribution < 1.29 is 13.2 Å². The van der Waals surface area contributed by atoms with Crippen molar-refractivity contribution in [1.82, 2.24) is 0 Å². The fourth-order valence-corrected chi connectivity index (χ4v) is 1.40. The lowest BCUT2D eigenvalue weighted by atomic mass is 10.2. The van der Waals surface area contributed by atoms with E-state index in [9.17, 15) is 13.2 Å². The average molecular weight is 262 g/mol. The number of nitrogens with zero attached hydrogens (tertiary/aromatic N) is 2. The third-order valence-corrected chi connectivity index (χ3v) is 2.36. The van der Waals surface area contributed by atoms with Crippen LogP contribution in [0.1, 0.15) is 11.1 Å². The number of hydrogen-bond donors (Lipinski definition) is 0. The summed E-state index contributed by atoms with van der Waals surface area (Å²) in [5.74, 6) is -1.91. The zero-order valence-corrected chi connectivity index (χ0v) is 9.72. The Hall–Kier alpha value is -2.43.